The molecule has 0 saturated heterocycles. The Bertz CT molecular complexity index is 410. The van der Waals surface area contributed by atoms with E-state index < -0.39 is 12.1 Å². The summed E-state index contributed by atoms with van der Waals surface area (Å²) in [6.45, 7) is 4.07. The average Bonchev–Trinajstić information content (AvgIpc) is 2.24. The third-order valence-corrected chi connectivity index (χ3v) is 2.50. The van der Waals surface area contributed by atoms with Crippen molar-refractivity contribution in [3.63, 3.8) is 0 Å². The summed E-state index contributed by atoms with van der Waals surface area (Å²) >= 11 is 5.69. The molecule has 1 aromatic rings. The topological polar surface area (TPSA) is 82.5 Å². The molecule has 0 aromatic carbocycles. The second kappa shape index (κ2) is 5.84. The molecule has 1 atom stereocenters. The van der Waals surface area contributed by atoms with E-state index in [9.17, 15) is 9.90 Å². The number of halogens is 1. The number of aliphatic hydroxyl groups excluding tert-OH is 1. The summed E-state index contributed by atoms with van der Waals surface area (Å²) < 4.78 is 0. The molecule has 0 amide bonds. The lowest BCUT2D eigenvalue weighted by atomic mass is 10.1. The summed E-state index contributed by atoms with van der Waals surface area (Å²) in [5.41, 5.74) is 0.0616. The van der Waals surface area contributed by atoms with E-state index >= 15 is 0 Å². The van der Waals surface area contributed by atoms with Crippen molar-refractivity contribution in [3.8, 4) is 0 Å². The molecule has 1 heterocycles. The third kappa shape index (κ3) is 4.20. The summed E-state index contributed by atoms with van der Waals surface area (Å²) in [5.74, 6) is -0.614. The lowest BCUT2D eigenvalue weighted by Crippen LogP contribution is -2.25. The van der Waals surface area contributed by atoms with Gasteiger partial charge in [-0.05, 0) is 18.1 Å². The standard InChI is InChI=1S/C11H15ClN2O3/c1-6(2)8(15)5-13-10-4-7(11(16)17)3-9(12)14-10/h3-4,6,8,15H,5H2,1-2H3,(H,13,14)(H,16,17). The number of carboxylic acids is 1. The molecule has 3 N–H and O–H groups in total. The Kier molecular flexibility index (Phi) is 4.72. The van der Waals surface area contributed by atoms with E-state index in [1.54, 1.807) is 0 Å². The molecule has 17 heavy (non-hydrogen) atoms. The Balaban J connectivity index is 2.74. The van der Waals surface area contributed by atoms with Crippen molar-refractivity contribution < 1.29 is 15.0 Å². The highest BCUT2D eigenvalue weighted by molar-refractivity contribution is 6.29. The Morgan fingerprint density at radius 1 is 1.53 bits per heavy atom. The fourth-order valence-electron chi connectivity index (χ4n) is 1.16. The highest BCUT2D eigenvalue weighted by Gasteiger charge is 2.11. The number of carbonyl (C=O) groups is 1. The van der Waals surface area contributed by atoms with E-state index in [2.05, 4.69) is 10.3 Å². The summed E-state index contributed by atoms with van der Waals surface area (Å²) in [7, 11) is 0. The lowest BCUT2D eigenvalue weighted by Gasteiger charge is -2.15. The molecule has 0 bridgehead atoms. The zero-order valence-corrected chi connectivity index (χ0v) is 10.4. The molecule has 0 aliphatic rings. The van der Waals surface area contributed by atoms with Gasteiger partial charge in [0.15, 0.2) is 0 Å². The first-order chi connectivity index (χ1) is 7.90. The monoisotopic (exact) mass is 258 g/mol. The summed E-state index contributed by atoms with van der Waals surface area (Å²) in [6.07, 6.45) is -0.524. The minimum absolute atomic E-state index is 0.0616. The summed E-state index contributed by atoms with van der Waals surface area (Å²) in [6, 6.07) is 2.65. The van der Waals surface area contributed by atoms with Crippen molar-refractivity contribution in [1.29, 1.82) is 0 Å². The van der Waals surface area contributed by atoms with Crippen LogP contribution < -0.4 is 5.32 Å². The predicted octanol–water partition coefficient (Wildman–Crippen LogP) is 1.86. The van der Waals surface area contributed by atoms with Crippen molar-refractivity contribution in [2.24, 2.45) is 5.92 Å². The number of hydrogen-bond acceptors (Lipinski definition) is 4. The van der Waals surface area contributed by atoms with Crippen LogP contribution in [-0.4, -0.2) is 33.8 Å². The molecule has 6 heteroatoms. The number of aliphatic hydroxyl groups is 1. The number of nitrogens with zero attached hydrogens (tertiary/aromatic N) is 1. The first-order valence-electron chi connectivity index (χ1n) is 5.23. The van der Waals surface area contributed by atoms with Gasteiger partial charge < -0.3 is 15.5 Å². The molecular weight excluding hydrogens is 244 g/mol. The van der Waals surface area contributed by atoms with Gasteiger partial charge in [0.1, 0.15) is 11.0 Å². The number of hydrogen-bond donors (Lipinski definition) is 3. The van der Waals surface area contributed by atoms with Crippen LogP contribution >= 0.6 is 11.6 Å². The number of aromatic nitrogens is 1. The van der Waals surface area contributed by atoms with Crippen molar-refractivity contribution >= 4 is 23.4 Å². The first-order valence-corrected chi connectivity index (χ1v) is 5.60. The highest BCUT2D eigenvalue weighted by Crippen LogP contribution is 2.15. The smallest absolute Gasteiger partial charge is 0.335 e. The predicted molar refractivity (Wildman–Crippen MR) is 65.5 cm³/mol. The molecule has 1 aromatic heterocycles. The maximum absolute atomic E-state index is 10.8. The first kappa shape index (κ1) is 13.7. The average molecular weight is 259 g/mol. The van der Waals surface area contributed by atoms with Crippen LogP contribution in [0.5, 0.6) is 0 Å². The van der Waals surface area contributed by atoms with Crippen molar-refractivity contribution in [2.75, 3.05) is 11.9 Å². The van der Waals surface area contributed by atoms with Gasteiger partial charge in [0.25, 0.3) is 0 Å². The van der Waals surface area contributed by atoms with Crippen LogP contribution in [-0.2, 0) is 0 Å². The molecule has 1 rings (SSSR count). The van der Waals surface area contributed by atoms with Gasteiger partial charge in [0, 0.05) is 6.54 Å². The lowest BCUT2D eigenvalue weighted by molar-refractivity contribution is 0.0697. The van der Waals surface area contributed by atoms with Crippen LogP contribution in [0.25, 0.3) is 0 Å². The normalized spacial score (nSPS) is 12.5. The maximum Gasteiger partial charge on any atom is 0.335 e. The van der Waals surface area contributed by atoms with Gasteiger partial charge in [0.2, 0.25) is 0 Å². The number of aromatic carboxylic acids is 1. The Labute approximate surface area is 104 Å². The van der Waals surface area contributed by atoms with Crippen molar-refractivity contribution in [2.45, 2.75) is 20.0 Å². The second-order valence-electron chi connectivity index (χ2n) is 4.06. The van der Waals surface area contributed by atoms with E-state index in [1.807, 2.05) is 13.8 Å². The maximum atomic E-state index is 10.8. The summed E-state index contributed by atoms with van der Waals surface area (Å²) in [4.78, 5) is 14.7. The van der Waals surface area contributed by atoms with Crippen LogP contribution in [0, 0.1) is 5.92 Å². The van der Waals surface area contributed by atoms with Crippen molar-refractivity contribution in [1.82, 2.24) is 4.98 Å². The van der Waals surface area contributed by atoms with Crippen LogP contribution in [0.4, 0.5) is 5.82 Å². The molecule has 0 radical (unpaired) electrons. The van der Waals surface area contributed by atoms with Crippen LogP contribution in [0.1, 0.15) is 24.2 Å². The minimum atomic E-state index is -1.07. The molecule has 5 nitrogen and oxygen atoms in total. The van der Waals surface area contributed by atoms with Crippen LogP contribution in [0.2, 0.25) is 5.15 Å². The van der Waals surface area contributed by atoms with Crippen molar-refractivity contribution in [3.05, 3.63) is 22.8 Å². The number of nitrogens with one attached hydrogen (secondary N) is 1. The molecule has 1 unspecified atom stereocenters. The number of pyridine rings is 1. The third-order valence-electron chi connectivity index (χ3n) is 2.30. The highest BCUT2D eigenvalue weighted by atomic mass is 35.5. The second-order valence-corrected chi connectivity index (χ2v) is 4.45. The molecule has 0 aliphatic heterocycles. The minimum Gasteiger partial charge on any atom is -0.478 e. The Morgan fingerprint density at radius 3 is 2.71 bits per heavy atom. The quantitative estimate of drug-likeness (QED) is 0.703. The largest absolute Gasteiger partial charge is 0.478 e. The molecular formula is C11H15ClN2O3. The van der Waals surface area contributed by atoms with Gasteiger partial charge in [0.05, 0.1) is 11.7 Å². The molecule has 94 valence electrons. The fraction of sp³-hybridized carbons (Fsp3) is 0.455. The molecule has 0 aliphatic carbocycles. The van der Waals surface area contributed by atoms with Gasteiger partial charge in [-0.2, -0.15) is 0 Å². The van der Waals surface area contributed by atoms with Gasteiger partial charge in [-0.3, -0.25) is 0 Å². The van der Waals surface area contributed by atoms with Gasteiger partial charge in [-0.1, -0.05) is 25.4 Å². The van der Waals surface area contributed by atoms with Gasteiger partial charge in [-0.15, -0.1) is 0 Å². The number of anilines is 1. The zero-order valence-electron chi connectivity index (χ0n) is 9.64. The van der Waals surface area contributed by atoms with Gasteiger partial charge >= 0.3 is 5.97 Å². The molecule has 0 saturated carbocycles. The molecule has 0 spiro atoms. The van der Waals surface area contributed by atoms with Crippen LogP contribution in [0.3, 0.4) is 0 Å². The van der Waals surface area contributed by atoms with Crippen LogP contribution in [0.15, 0.2) is 12.1 Å². The number of rotatable bonds is 5. The fourth-order valence-corrected chi connectivity index (χ4v) is 1.36. The zero-order chi connectivity index (χ0) is 13.0. The SMILES string of the molecule is CC(C)C(O)CNc1cc(C(=O)O)cc(Cl)n1. The molecule has 0 fully saturated rings. The van der Waals surface area contributed by atoms with E-state index in [4.69, 9.17) is 16.7 Å². The van der Waals surface area contributed by atoms with Gasteiger partial charge in [-0.25, -0.2) is 9.78 Å². The summed E-state index contributed by atoms with van der Waals surface area (Å²) in [5, 5.41) is 21.4. The van der Waals surface area contributed by atoms with E-state index in [1.165, 1.54) is 12.1 Å². The van der Waals surface area contributed by atoms with E-state index in [-0.39, 0.29) is 16.6 Å². The Morgan fingerprint density at radius 2 is 2.18 bits per heavy atom. The number of carboxylic acid groups (broad SMARTS) is 1. The van der Waals surface area contributed by atoms with E-state index in [0.717, 1.165) is 0 Å². The van der Waals surface area contributed by atoms with E-state index in [0.29, 0.717) is 12.4 Å². The Hall–Kier alpha value is -1.33.